The van der Waals surface area contributed by atoms with Gasteiger partial charge >= 0.3 is 0 Å². The number of amides is 1. The van der Waals surface area contributed by atoms with Crippen LogP contribution in [-0.2, 0) is 21.4 Å². The van der Waals surface area contributed by atoms with Gasteiger partial charge in [0, 0.05) is 26.7 Å². The third-order valence-electron chi connectivity index (χ3n) is 4.22. The van der Waals surface area contributed by atoms with E-state index in [4.69, 9.17) is 9.47 Å². The topological polar surface area (TPSA) is 103 Å². The summed E-state index contributed by atoms with van der Waals surface area (Å²) in [6, 6.07) is 5.52. The van der Waals surface area contributed by atoms with E-state index < -0.39 is 10.0 Å². The number of carbonyl (C=O) groups is 1. The van der Waals surface area contributed by atoms with Crippen LogP contribution in [0.4, 0.5) is 5.69 Å². The molecular weight excluding hydrogens is 408 g/mol. The second-order valence-corrected chi connectivity index (χ2v) is 8.85. The van der Waals surface area contributed by atoms with Gasteiger partial charge in [-0.1, -0.05) is 6.07 Å². The molecule has 0 atom stereocenters. The van der Waals surface area contributed by atoms with Crippen LogP contribution < -0.4 is 19.1 Å². The fourth-order valence-electron chi connectivity index (χ4n) is 2.70. The van der Waals surface area contributed by atoms with Crippen molar-refractivity contribution in [3.8, 4) is 11.6 Å². The number of benzene rings is 1. The molecule has 1 aromatic carbocycles. The SMILES string of the molecule is CCn1cc(S(=O)(=O)N2CCOc3ccc(C)cc32)c(OC(C)C)n1.CNC(C)=O. The summed E-state index contributed by atoms with van der Waals surface area (Å²) in [4.78, 5) is 9.78. The first kappa shape index (κ1) is 23.5. The molecule has 1 aromatic heterocycles. The van der Waals surface area contributed by atoms with E-state index in [1.165, 1.54) is 17.4 Å². The molecule has 1 aliphatic heterocycles. The third-order valence-corrected chi connectivity index (χ3v) is 6.02. The summed E-state index contributed by atoms with van der Waals surface area (Å²) in [5.74, 6) is 0.706. The predicted octanol–water partition coefficient (Wildman–Crippen LogP) is 2.34. The second-order valence-electron chi connectivity index (χ2n) is 7.02. The lowest BCUT2D eigenvalue weighted by atomic mass is 10.2. The first-order chi connectivity index (χ1) is 14.1. The zero-order valence-corrected chi connectivity index (χ0v) is 19.1. The Hall–Kier alpha value is -2.75. The van der Waals surface area contributed by atoms with Gasteiger partial charge in [-0.25, -0.2) is 8.42 Å². The number of fused-ring (bicyclic) bond motifs is 1. The highest BCUT2D eigenvalue weighted by molar-refractivity contribution is 7.93. The van der Waals surface area contributed by atoms with E-state index in [2.05, 4.69) is 10.4 Å². The summed E-state index contributed by atoms with van der Waals surface area (Å²) in [6.07, 6.45) is 1.35. The van der Waals surface area contributed by atoms with Crippen molar-refractivity contribution in [1.82, 2.24) is 15.1 Å². The lowest BCUT2D eigenvalue weighted by Crippen LogP contribution is -2.38. The van der Waals surface area contributed by atoms with Crippen LogP contribution >= 0.6 is 0 Å². The number of nitrogens with one attached hydrogen (secondary N) is 1. The van der Waals surface area contributed by atoms with E-state index in [0.29, 0.717) is 24.6 Å². The highest BCUT2D eigenvalue weighted by atomic mass is 32.2. The molecule has 2 heterocycles. The van der Waals surface area contributed by atoms with Crippen molar-refractivity contribution in [2.75, 3.05) is 24.5 Å². The molecule has 1 aliphatic rings. The minimum atomic E-state index is -3.81. The highest BCUT2D eigenvalue weighted by Gasteiger charge is 2.34. The molecule has 1 N–H and O–H groups in total. The van der Waals surface area contributed by atoms with Gasteiger partial charge in [0.1, 0.15) is 12.4 Å². The first-order valence-corrected chi connectivity index (χ1v) is 11.2. The quantitative estimate of drug-likeness (QED) is 0.769. The zero-order chi connectivity index (χ0) is 22.5. The van der Waals surface area contributed by atoms with E-state index in [1.807, 2.05) is 39.8 Å². The maximum absolute atomic E-state index is 13.3. The molecule has 1 amide bonds. The second kappa shape index (κ2) is 9.84. The third kappa shape index (κ3) is 5.44. The fourth-order valence-corrected chi connectivity index (χ4v) is 4.22. The molecule has 0 saturated heterocycles. The van der Waals surface area contributed by atoms with Gasteiger partial charge < -0.3 is 14.8 Å². The number of hydrogen-bond acceptors (Lipinski definition) is 6. The van der Waals surface area contributed by atoms with Crippen LogP contribution in [0.2, 0.25) is 0 Å². The van der Waals surface area contributed by atoms with E-state index in [9.17, 15) is 13.2 Å². The lowest BCUT2D eigenvalue weighted by Gasteiger charge is -2.30. The zero-order valence-electron chi connectivity index (χ0n) is 18.3. The Bertz CT molecular complexity index is 985. The van der Waals surface area contributed by atoms with Gasteiger partial charge in [0.05, 0.1) is 18.3 Å². The van der Waals surface area contributed by atoms with Gasteiger partial charge in [-0.05, 0) is 45.4 Å². The van der Waals surface area contributed by atoms with Crippen molar-refractivity contribution in [3.05, 3.63) is 30.0 Å². The molecule has 10 heteroatoms. The molecule has 0 aliphatic carbocycles. The smallest absolute Gasteiger partial charge is 0.271 e. The molecule has 2 aromatic rings. The van der Waals surface area contributed by atoms with E-state index >= 15 is 0 Å². The molecule has 0 fully saturated rings. The molecule has 0 bridgehead atoms. The summed E-state index contributed by atoms with van der Waals surface area (Å²) in [5.41, 5.74) is 1.51. The molecule has 166 valence electrons. The van der Waals surface area contributed by atoms with Gasteiger partial charge in [0.15, 0.2) is 4.90 Å². The summed E-state index contributed by atoms with van der Waals surface area (Å²) >= 11 is 0. The standard InChI is InChI=1S/C17H23N3O4S.C3H7NO/c1-5-19-11-16(17(18-19)24-12(2)3)25(21,22)20-8-9-23-15-7-6-13(4)10-14(15)20;1-3(5)4-2/h6-7,10-12H,5,8-9H2,1-4H3;1-2H3,(H,4,5). The number of aryl methyl sites for hydroxylation is 2. The van der Waals surface area contributed by atoms with Crippen molar-refractivity contribution >= 4 is 21.6 Å². The molecule has 0 unspecified atom stereocenters. The molecule has 9 nitrogen and oxygen atoms in total. The number of rotatable bonds is 5. The molecular formula is C20H30N4O5S. The number of ether oxygens (including phenoxy) is 2. The predicted molar refractivity (Wildman–Crippen MR) is 115 cm³/mol. The normalized spacial score (nSPS) is 13.1. The number of anilines is 1. The van der Waals surface area contributed by atoms with Crippen molar-refractivity contribution in [2.24, 2.45) is 0 Å². The van der Waals surface area contributed by atoms with Crippen molar-refractivity contribution < 1.29 is 22.7 Å². The molecule has 0 saturated carbocycles. The number of sulfonamides is 1. The Kier molecular flexibility index (Phi) is 7.71. The average Bonchev–Trinajstić information content (AvgIpc) is 3.10. The van der Waals surface area contributed by atoms with Gasteiger partial charge in [0.25, 0.3) is 15.9 Å². The number of hydrogen-bond donors (Lipinski definition) is 1. The summed E-state index contributed by atoms with van der Waals surface area (Å²) in [5, 5.41) is 6.65. The number of aromatic nitrogens is 2. The number of carbonyl (C=O) groups excluding carboxylic acids is 1. The van der Waals surface area contributed by atoms with Crippen molar-refractivity contribution in [2.45, 2.75) is 52.2 Å². The largest absolute Gasteiger partial charge is 0.489 e. The van der Waals surface area contributed by atoms with E-state index in [-0.39, 0.29) is 29.3 Å². The van der Waals surface area contributed by atoms with Gasteiger partial charge in [-0.15, -0.1) is 5.10 Å². The fraction of sp³-hybridized carbons (Fsp3) is 0.500. The van der Waals surface area contributed by atoms with Crippen LogP contribution in [0.15, 0.2) is 29.3 Å². The Labute approximate surface area is 178 Å². The Morgan fingerprint density at radius 3 is 2.60 bits per heavy atom. The molecule has 3 rings (SSSR count). The van der Waals surface area contributed by atoms with Crippen LogP contribution in [0.1, 0.15) is 33.3 Å². The Morgan fingerprint density at radius 2 is 2.03 bits per heavy atom. The monoisotopic (exact) mass is 438 g/mol. The van der Waals surface area contributed by atoms with Crippen molar-refractivity contribution in [1.29, 1.82) is 0 Å². The van der Waals surface area contributed by atoms with Crippen LogP contribution in [0.5, 0.6) is 11.6 Å². The van der Waals surface area contributed by atoms with Crippen LogP contribution in [0.25, 0.3) is 0 Å². The maximum atomic E-state index is 13.3. The Morgan fingerprint density at radius 1 is 1.37 bits per heavy atom. The molecule has 0 radical (unpaired) electrons. The minimum Gasteiger partial charge on any atom is -0.489 e. The Balaban J connectivity index is 0.000000575. The van der Waals surface area contributed by atoms with E-state index in [0.717, 1.165) is 5.56 Å². The summed E-state index contributed by atoms with van der Waals surface area (Å²) in [6.45, 7) is 10.1. The summed E-state index contributed by atoms with van der Waals surface area (Å²) < 4.78 is 40.9. The van der Waals surface area contributed by atoms with Crippen LogP contribution in [-0.4, -0.2) is 50.4 Å². The van der Waals surface area contributed by atoms with Gasteiger partial charge in [0.2, 0.25) is 5.91 Å². The lowest BCUT2D eigenvalue weighted by molar-refractivity contribution is -0.118. The maximum Gasteiger partial charge on any atom is 0.271 e. The first-order valence-electron chi connectivity index (χ1n) is 9.78. The van der Waals surface area contributed by atoms with Gasteiger partial charge in [-0.3, -0.25) is 13.8 Å². The highest BCUT2D eigenvalue weighted by Crippen LogP contribution is 2.37. The van der Waals surface area contributed by atoms with Crippen LogP contribution in [0, 0.1) is 6.92 Å². The van der Waals surface area contributed by atoms with E-state index in [1.54, 1.807) is 17.8 Å². The van der Waals surface area contributed by atoms with Crippen molar-refractivity contribution in [3.63, 3.8) is 0 Å². The average molecular weight is 439 g/mol. The molecule has 30 heavy (non-hydrogen) atoms. The summed E-state index contributed by atoms with van der Waals surface area (Å²) in [7, 11) is -2.21. The van der Waals surface area contributed by atoms with Gasteiger partial charge in [-0.2, -0.15) is 0 Å². The number of nitrogens with zero attached hydrogens (tertiary/aromatic N) is 3. The van der Waals surface area contributed by atoms with Crippen LogP contribution in [0.3, 0.4) is 0 Å². The minimum absolute atomic E-state index is 0.00463. The molecule has 0 spiro atoms.